The summed E-state index contributed by atoms with van der Waals surface area (Å²) in [5, 5.41) is 1.19. The third-order valence-electron chi connectivity index (χ3n) is 2.61. The summed E-state index contributed by atoms with van der Waals surface area (Å²) in [5.41, 5.74) is 2.20. The molecule has 1 heterocycles. The van der Waals surface area contributed by atoms with Crippen molar-refractivity contribution in [2.75, 3.05) is 5.88 Å². The molecule has 1 atom stereocenters. The van der Waals surface area contributed by atoms with E-state index in [2.05, 4.69) is 38.1 Å². The molecule has 0 fully saturated rings. The predicted molar refractivity (Wildman–Crippen MR) is 64.5 cm³/mol. The number of para-hydroxylation sites is 1. The first-order chi connectivity index (χ1) is 7.20. The molecule has 0 spiro atoms. The lowest BCUT2D eigenvalue weighted by molar-refractivity contribution is 0.501. The van der Waals surface area contributed by atoms with Gasteiger partial charge in [-0.05, 0) is 24.5 Å². The monoisotopic (exact) mass is 222 g/mol. The molecule has 0 aliphatic rings. The second-order valence-electron chi connectivity index (χ2n) is 4.17. The van der Waals surface area contributed by atoms with Crippen molar-refractivity contribution in [3.05, 3.63) is 35.6 Å². The number of rotatable bonds is 3. The summed E-state index contributed by atoms with van der Waals surface area (Å²) in [5.74, 6) is 2.18. The number of hydrogen-bond acceptors (Lipinski definition) is 1. The number of benzene rings is 1. The average Bonchev–Trinajstić information content (AvgIpc) is 2.62. The van der Waals surface area contributed by atoms with Crippen LogP contribution < -0.4 is 0 Å². The van der Waals surface area contributed by atoms with Crippen molar-refractivity contribution in [3.63, 3.8) is 0 Å². The van der Waals surface area contributed by atoms with Crippen LogP contribution in [0.2, 0.25) is 0 Å². The van der Waals surface area contributed by atoms with Gasteiger partial charge < -0.3 is 4.42 Å². The first-order valence-corrected chi connectivity index (χ1v) is 5.78. The molecule has 0 aliphatic carbocycles. The number of furan rings is 1. The first kappa shape index (κ1) is 10.6. The zero-order chi connectivity index (χ0) is 10.8. The van der Waals surface area contributed by atoms with Gasteiger partial charge in [-0.1, -0.05) is 25.1 Å². The van der Waals surface area contributed by atoms with E-state index < -0.39 is 0 Å². The highest BCUT2D eigenvalue weighted by Gasteiger charge is 2.08. The number of halogens is 1. The van der Waals surface area contributed by atoms with Gasteiger partial charge in [-0.3, -0.25) is 0 Å². The molecule has 0 bridgehead atoms. The Bertz CT molecular complexity index is 459. The maximum atomic E-state index is 5.81. The van der Waals surface area contributed by atoms with Crippen LogP contribution in [-0.2, 0) is 6.42 Å². The van der Waals surface area contributed by atoms with Crippen LogP contribution in [0.4, 0.5) is 0 Å². The predicted octanol–water partition coefficient (Wildman–Crippen LogP) is 4.16. The lowest BCUT2D eigenvalue weighted by atomic mass is 10.1. The van der Waals surface area contributed by atoms with Crippen LogP contribution in [0.25, 0.3) is 11.0 Å². The minimum absolute atomic E-state index is 0.465. The summed E-state index contributed by atoms with van der Waals surface area (Å²) in [4.78, 5) is 0. The quantitative estimate of drug-likeness (QED) is 0.711. The lowest BCUT2D eigenvalue weighted by Crippen LogP contribution is -1.99. The maximum Gasteiger partial charge on any atom is 0.137 e. The van der Waals surface area contributed by atoms with Gasteiger partial charge in [-0.2, -0.15) is 0 Å². The summed E-state index contributed by atoms with van der Waals surface area (Å²) < 4.78 is 5.81. The molecule has 0 radical (unpaired) electrons. The average molecular weight is 223 g/mol. The van der Waals surface area contributed by atoms with Gasteiger partial charge in [0.2, 0.25) is 0 Å². The number of hydrogen-bond donors (Lipinski definition) is 0. The summed E-state index contributed by atoms with van der Waals surface area (Å²) >= 11 is 5.79. The Hall–Kier alpha value is -0.950. The molecule has 0 saturated heterocycles. The molecule has 0 saturated carbocycles. The van der Waals surface area contributed by atoms with Crippen LogP contribution in [0.5, 0.6) is 0 Å². The molecule has 2 aromatic rings. The van der Waals surface area contributed by atoms with E-state index in [1.807, 2.05) is 0 Å². The van der Waals surface area contributed by atoms with Gasteiger partial charge in [0, 0.05) is 17.7 Å². The minimum Gasteiger partial charge on any atom is -0.461 e. The number of fused-ring (bicyclic) bond motifs is 1. The SMILES string of the molecule is Cc1cccc2cc(CC(C)CCl)oc12. The Morgan fingerprint density at radius 3 is 2.87 bits per heavy atom. The Balaban J connectivity index is 2.35. The summed E-state index contributed by atoms with van der Waals surface area (Å²) in [6.45, 7) is 4.20. The van der Waals surface area contributed by atoms with Crippen molar-refractivity contribution in [2.24, 2.45) is 5.92 Å². The van der Waals surface area contributed by atoms with E-state index in [-0.39, 0.29) is 0 Å². The minimum atomic E-state index is 0.465. The maximum absolute atomic E-state index is 5.81. The second kappa shape index (κ2) is 4.28. The topological polar surface area (TPSA) is 13.1 Å². The second-order valence-corrected chi connectivity index (χ2v) is 4.48. The molecule has 1 unspecified atom stereocenters. The standard InChI is InChI=1S/C13H15ClO/c1-9(8-14)6-12-7-11-5-3-4-10(2)13(11)15-12/h3-5,7,9H,6,8H2,1-2H3. The summed E-state index contributed by atoms with van der Waals surface area (Å²) in [6, 6.07) is 8.33. The van der Waals surface area contributed by atoms with Gasteiger partial charge in [0.25, 0.3) is 0 Å². The van der Waals surface area contributed by atoms with Crippen molar-refractivity contribution in [1.82, 2.24) is 0 Å². The van der Waals surface area contributed by atoms with Crippen LogP contribution in [0, 0.1) is 12.8 Å². The van der Waals surface area contributed by atoms with Crippen LogP contribution in [0.1, 0.15) is 18.2 Å². The molecule has 1 aromatic carbocycles. The molecule has 2 heteroatoms. The van der Waals surface area contributed by atoms with Gasteiger partial charge in [0.1, 0.15) is 11.3 Å². The molecular weight excluding hydrogens is 208 g/mol. The zero-order valence-electron chi connectivity index (χ0n) is 9.09. The van der Waals surface area contributed by atoms with Crippen LogP contribution >= 0.6 is 11.6 Å². The molecule has 0 aliphatic heterocycles. The van der Waals surface area contributed by atoms with E-state index >= 15 is 0 Å². The van der Waals surface area contributed by atoms with Crippen molar-refractivity contribution in [3.8, 4) is 0 Å². The Kier molecular flexibility index (Phi) is 3.01. The van der Waals surface area contributed by atoms with E-state index in [0.29, 0.717) is 11.8 Å². The molecule has 0 N–H and O–H groups in total. The molecule has 0 amide bonds. The largest absolute Gasteiger partial charge is 0.461 e. The van der Waals surface area contributed by atoms with Crippen LogP contribution in [0.3, 0.4) is 0 Å². The van der Waals surface area contributed by atoms with E-state index in [9.17, 15) is 0 Å². The van der Waals surface area contributed by atoms with Crippen LogP contribution in [0.15, 0.2) is 28.7 Å². The number of alkyl halides is 1. The third-order valence-corrected chi connectivity index (χ3v) is 3.13. The highest BCUT2D eigenvalue weighted by atomic mass is 35.5. The Morgan fingerprint density at radius 2 is 2.20 bits per heavy atom. The highest BCUT2D eigenvalue weighted by Crippen LogP contribution is 2.24. The van der Waals surface area contributed by atoms with Crippen LogP contribution in [-0.4, -0.2) is 5.88 Å². The Labute approximate surface area is 95.0 Å². The van der Waals surface area contributed by atoms with Gasteiger partial charge >= 0.3 is 0 Å². The fourth-order valence-electron chi connectivity index (χ4n) is 1.76. The van der Waals surface area contributed by atoms with Gasteiger partial charge in [-0.25, -0.2) is 0 Å². The van der Waals surface area contributed by atoms with Gasteiger partial charge in [0.15, 0.2) is 0 Å². The molecule has 1 nitrogen and oxygen atoms in total. The highest BCUT2D eigenvalue weighted by molar-refractivity contribution is 6.18. The lowest BCUT2D eigenvalue weighted by Gasteiger charge is -2.02. The molecule has 2 rings (SSSR count). The van der Waals surface area contributed by atoms with Crippen molar-refractivity contribution in [2.45, 2.75) is 20.3 Å². The normalized spacial score (nSPS) is 13.3. The molecule has 80 valence electrons. The third kappa shape index (κ3) is 2.18. The fraction of sp³-hybridized carbons (Fsp3) is 0.385. The zero-order valence-corrected chi connectivity index (χ0v) is 9.84. The summed E-state index contributed by atoms with van der Waals surface area (Å²) in [6.07, 6.45) is 0.914. The molecule has 1 aromatic heterocycles. The van der Waals surface area contributed by atoms with Crippen molar-refractivity contribution < 1.29 is 4.42 Å². The number of aryl methyl sites for hydroxylation is 1. The van der Waals surface area contributed by atoms with E-state index in [4.69, 9.17) is 16.0 Å². The van der Waals surface area contributed by atoms with E-state index in [1.54, 1.807) is 0 Å². The fourth-order valence-corrected chi connectivity index (χ4v) is 1.87. The summed E-state index contributed by atoms with van der Waals surface area (Å²) in [7, 11) is 0. The van der Waals surface area contributed by atoms with Gasteiger partial charge in [-0.15, -0.1) is 11.6 Å². The van der Waals surface area contributed by atoms with Gasteiger partial charge in [0.05, 0.1) is 0 Å². The van der Waals surface area contributed by atoms with Crippen molar-refractivity contribution >= 4 is 22.6 Å². The molecule has 15 heavy (non-hydrogen) atoms. The van der Waals surface area contributed by atoms with E-state index in [0.717, 1.165) is 17.8 Å². The first-order valence-electron chi connectivity index (χ1n) is 5.24. The van der Waals surface area contributed by atoms with Crippen molar-refractivity contribution in [1.29, 1.82) is 0 Å². The Morgan fingerprint density at radius 1 is 1.40 bits per heavy atom. The molecular formula is C13H15ClO. The smallest absolute Gasteiger partial charge is 0.137 e. The van der Waals surface area contributed by atoms with E-state index in [1.165, 1.54) is 10.9 Å².